The third-order valence-electron chi connectivity index (χ3n) is 2.99. The number of anilines is 2. The van der Waals surface area contributed by atoms with Crippen molar-refractivity contribution in [3.8, 4) is 6.07 Å². The van der Waals surface area contributed by atoms with Gasteiger partial charge in [0, 0.05) is 17.9 Å². The van der Waals surface area contributed by atoms with Crippen molar-refractivity contribution in [2.75, 3.05) is 16.8 Å². The number of benzene rings is 1. The summed E-state index contributed by atoms with van der Waals surface area (Å²) < 4.78 is 37.4. The number of hydrogen-bond donors (Lipinski definition) is 1. The number of fused-ring (bicyclic) bond motifs is 1. The van der Waals surface area contributed by atoms with Crippen molar-refractivity contribution in [2.45, 2.75) is 19.0 Å². The van der Waals surface area contributed by atoms with Gasteiger partial charge in [0.1, 0.15) is 6.42 Å². The molecule has 0 saturated carbocycles. The first-order valence-corrected chi connectivity index (χ1v) is 6.01. The second-order valence-corrected chi connectivity index (χ2v) is 4.43. The van der Waals surface area contributed by atoms with E-state index in [1.165, 1.54) is 18.2 Å². The smallest absolute Gasteiger partial charge is 0.325 e. The molecule has 1 aliphatic rings. The van der Waals surface area contributed by atoms with Crippen LogP contribution in [0.5, 0.6) is 0 Å². The number of nitrogens with zero attached hydrogens (tertiary/aromatic N) is 2. The van der Waals surface area contributed by atoms with Crippen molar-refractivity contribution in [2.24, 2.45) is 0 Å². The van der Waals surface area contributed by atoms with Gasteiger partial charge in [-0.25, -0.2) is 0 Å². The Morgan fingerprint density at radius 3 is 2.71 bits per heavy atom. The van der Waals surface area contributed by atoms with Crippen molar-refractivity contribution in [1.82, 2.24) is 0 Å². The fourth-order valence-corrected chi connectivity index (χ4v) is 2.12. The second-order valence-electron chi connectivity index (χ2n) is 4.43. The zero-order chi connectivity index (χ0) is 15.6. The van der Waals surface area contributed by atoms with Crippen LogP contribution in [0.15, 0.2) is 18.2 Å². The van der Waals surface area contributed by atoms with E-state index in [2.05, 4.69) is 5.32 Å². The van der Waals surface area contributed by atoms with Crippen LogP contribution in [0, 0.1) is 11.3 Å². The Balaban J connectivity index is 2.19. The Hall–Kier alpha value is -2.56. The van der Waals surface area contributed by atoms with E-state index in [9.17, 15) is 22.8 Å². The van der Waals surface area contributed by atoms with Gasteiger partial charge in [0.05, 0.1) is 6.07 Å². The van der Waals surface area contributed by atoms with Gasteiger partial charge in [-0.1, -0.05) is 0 Å². The Kier molecular flexibility index (Phi) is 3.84. The molecule has 0 bridgehead atoms. The molecule has 1 aromatic carbocycles. The minimum Gasteiger partial charge on any atom is -0.325 e. The molecule has 0 aromatic heterocycles. The van der Waals surface area contributed by atoms with Crippen LogP contribution in [0.4, 0.5) is 24.5 Å². The summed E-state index contributed by atoms with van der Waals surface area (Å²) in [6, 6.07) is 5.95. The molecule has 21 heavy (non-hydrogen) atoms. The lowest BCUT2D eigenvalue weighted by molar-refractivity contribution is -0.170. The monoisotopic (exact) mass is 297 g/mol. The van der Waals surface area contributed by atoms with E-state index < -0.39 is 18.0 Å². The average Bonchev–Trinajstić information content (AvgIpc) is 2.79. The first kappa shape index (κ1) is 14.8. The Labute approximate surface area is 118 Å². The molecular formula is C13H10F3N3O2. The summed E-state index contributed by atoms with van der Waals surface area (Å²) >= 11 is 0. The Bertz CT molecular complexity index is 635. The van der Waals surface area contributed by atoms with Crippen LogP contribution < -0.4 is 10.2 Å². The summed E-state index contributed by atoms with van der Waals surface area (Å²) in [5, 5.41) is 10.8. The summed E-state index contributed by atoms with van der Waals surface area (Å²) in [6.45, 7) is -0.0523. The predicted molar refractivity (Wildman–Crippen MR) is 67.4 cm³/mol. The third-order valence-corrected chi connectivity index (χ3v) is 2.99. The molecule has 1 heterocycles. The second kappa shape index (κ2) is 5.44. The minimum absolute atomic E-state index is 0.0523. The van der Waals surface area contributed by atoms with Crippen LogP contribution in [-0.4, -0.2) is 24.5 Å². The van der Waals surface area contributed by atoms with Crippen LogP contribution in [0.25, 0.3) is 0 Å². The Morgan fingerprint density at radius 2 is 2.10 bits per heavy atom. The summed E-state index contributed by atoms with van der Waals surface area (Å²) in [7, 11) is 0. The number of alkyl halides is 3. The molecule has 0 spiro atoms. The third kappa shape index (κ3) is 3.13. The van der Waals surface area contributed by atoms with E-state index in [-0.39, 0.29) is 25.1 Å². The molecule has 1 aliphatic heterocycles. The van der Waals surface area contributed by atoms with Gasteiger partial charge in [-0.15, -0.1) is 0 Å². The van der Waals surface area contributed by atoms with Crippen LogP contribution in [-0.2, 0) is 16.0 Å². The number of hydrogen-bond acceptors (Lipinski definition) is 3. The molecule has 2 amide bonds. The van der Waals surface area contributed by atoms with E-state index in [1.54, 1.807) is 6.07 Å². The molecule has 1 aromatic rings. The molecule has 0 unspecified atom stereocenters. The maximum atomic E-state index is 12.5. The lowest BCUT2D eigenvalue weighted by Gasteiger charge is -2.18. The highest BCUT2D eigenvalue weighted by molar-refractivity contribution is 6.00. The maximum Gasteiger partial charge on any atom is 0.471 e. The average molecular weight is 297 g/mol. The molecule has 0 atom stereocenters. The zero-order valence-corrected chi connectivity index (χ0v) is 10.7. The zero-order valence-electron chi connectivity index (χ0n) is 10.7. The maximum absolute atomic E-state index is 12.5. The van der Waals surface area contributed by atoms with Crippen LogP contribution in [0.3, 0.4) is 0 Å². The molecule has 110 valence electrons. The van der Waals surface area contributed by atoms with E-state index >= 15 is 0 Å². The lowest BCUT2D eigenvalue weighted by Crippen LogP contribution is -2.40. The van der Waals surface area contributed by atoms with Gasteiger partial charge in [-0.3, -0.25) is 9.59 Å². The van der Waals surface area contributed by atoms with E-state index in [4.69, 9.17) is 5.26 Å². The fraction of sp³-hybridized carbons (Fsp3) is 0.308. The van der Waals surface area contributed by atoms with Gasteiger partial charge < -0.3 is 10.2 Å². The quantitative estimate of drug-likeness (QED) is 0.907. The predicted octanol–water partition coefficient (Wildman–Crippen LogP) is 1.99. The first-order valence-electron chi connectivity index (χ1n) is 6.01. The van der Waals surface area contributed by atoms with Crippen LogP contribution in [0.2, 0.25) is 0 Å². The van der Waals surface area contributed by atoms with Crippen molar-refractivity contribution in [3.63, 3.8) is 0 Å². The van der Waals surface area contributed by atoms with Gasteiger partial charge in [0.2, 0.25) is 5.91 Å². The normalized spacial score (nSPS) is 13.5. The van der Waals surface area contributed by atoms with Crippen molar-refractivity contribution in [1.29, 1.82) is 5.26 Å². The summed E-state index contributed by atoms with van der Waals surface area (Å²) in [6.07, 6.45) is -4.95. The largest absolute Gasteiger partial charge is 0.471 e. The van der Waals surface area contributed by atoms with Crippen molar-refractivity contribution >= 4 is 23.2 Å². The summed E-state index contributed by atoms with van der Waals surface area (Å²) in [5.41, 5.74) is 1.12. The molecule has 2 rings (SSSR count). The molecule has 0 aliphatic carbocycles. The first-order chi connectivity index (χ1) is 9.82. The molecule has 8 heteroatoms. The highest BCUT2D eigenvalue weighted by Crippen LogP contribution is 2.33. The topological polar surface area (TPSA) is 73.2 Å². The molecular weight excluding hydrogens is 287 g/mol. The summed E-state index contributed by atoms with van der Waals surface area (Å²) in [5.74, 6) is -2.40. The molecule has 5 nitrogen and oxygen atoms in total. The van der Waals surface area contributed by atoms with Gasteiger partial charge in [-0.05, 0) is 30.2 Å². The highest BCUT2D eigenvalue weighted by Gasteiger charge is 2.44. The highest BCUT2D eigenvalue weighted by atomic mass is 19.4. The molecule has 0 saturated heterocycles. The van der Waals surface area contributed by atoms with Gasteiger partial charge >= 0.3 is 12.1 Å². The standard InChI is InChI=1S/C13H10F3N3O2/c14-13(15,16)12(21)19-6-4-8-7-9(1-2-10(8)19)18-11(20)3-5-17/h1-2,7H,3-4,6H2,(H,18,20). The number of carbonyl (C=O) groups excluding carboxylic acids is 2. The van der Waals surface area contributed by atoms with Gasteiger partial charge in [0.15, 0.2) is 0 Å². The van der Waals surface area contributed by atoms with Gasteiger partial charge in [0.25, 0.3) is 0 Å². The number of halogens is 3. The van der Waals surface area contributed by atoms with Crippen LogP contribution >= 0.6 is 0 Å². The van der Waals surface area contributed by atoms with Crippen molar-refractivity contribution in [3.05, 3.63) is 23.8 Å². The number of rotatable bonds is 2. The number of nitriles is 1. The minimum atomic E-state index is -4.92. The SMILES string of the molecule is N#CCC(=O)Nc1ccc2c(c1)CCN2C(=O)C(F)(F)F. The number of carbonyl (C=O) groups is 2. The summed E-state index contributed by atoms with van der Waals surface area (Å²) in [4.78, 5) is 23.2. The Morgan fingerprint density at radius 1 is 1.38 bits per heavy atom. The van der Waals surface area contributed by atoms with Crippen molar-refractivity contribution < 1.29 is 22.8 Å². The van der Waals surface area contributed by atoms with E-state index in [1.807, 2.05) is 0 Å². The number of amides is 2. The fourth-order valence-electron chi connectivity index (χ4n) is 2.12. The van der Waals surface area contributed by atoms with E-state index in [0.717, 1.165) is 0 Å². The van der Waals surface area contributed by atoms with Crippen LogP contribution in [0.1, 0.15) is 12.0 Å². The molecule has 0 fully saturated rings. The number of nitrogens with one attached hydrogen (secondary N) is 1. The van der Waals surface area contributed by atoms with E-state index in [0.29, 0.717) is 16.2 Å². The lowest BCUT2D eigenvalue weighted by atomic mass is 10.1. The molecule has 1 N–H and O–H groups in total. The van der Waals surface area contributed by atoms with Gasteiger partial charge in [-0.2, -0.15) is 18.4 Å². The molecule has 0 radical (unpaired) electrons.